The lowest BCUT2D eigenvalue weighted by atomic mass is 9.86. The van der Waals surface area contributed by atoms with E-state index in [-0.39, 0.29) is 0 Å². The maximum atomic E-state index is 6.00. The molecule has 0 bridgehead atoms. The van der Waals surface area contributed by atoms with Gasteiger partial charge in [0.25, 0.3) is 0 Å². The second-order valence-electron chi connectivity index (χ2n) is 11.4. The van der Waals surface area contributed by atoms with E-state index in [0.717, 1.165) is 18.7 Å². The number of allylic oxidation sites excluding steroid dienone is 1. The summed E-state index contributed by atoms with van der Waals surface area (Å²) in [5, 5.41) is 0. The van der Waals surface area contributed by atoms with E-state index in [1.807, 2.05) is 0 Å². The fourth-order valence-electron chi connectivity index (χ4n) is 5.28. The molecule has 222 valence electrons. The SMILES string of the molecule is CCCCPCCCCCCCCCC/C(=C(\c1ccccc1)c1ccc(OCCN(C)C)cc1)c1ccccc1. The number of benzene rings is 3. The molecular weight excluding hydrogens is 517 g/mol. The van der Waals surface area contributed by atoms with Crippen LogP contribution in [-0.4, -0.2) is 44.5 Å². The van der Waals surface area contributed by atoms with E-state index in [1.54, 1.807) is 0 Å². The van der Waals surface area contributed by atoms with E-state index in [0.29, 0.717) is 6.61 Å². The number of nitrogens with zero attached hydrogens (tertiary/aromatic N) is 1. The lowest BCUT2D eigenvalue weighted by Gasteiger charge is -2.18. The van der Waals surface area contributed by atoms with E-state index in [4.69, 9.17) is 4.74 Å². The molecule has 1 atom stereocenters. The first-order chi connectivity index (χ1) is 20.2. The Hall–Kier alpha value is -2.41. The van der Waals surface area contributed by atoms with Gasteiger partial charge in [0.1, 0.15) is 12.4 Å². The number of likely N-dealkylation sites (N-methyl/N-ethyl adjacent to an activating group) is 1. The molecule has 0 radical (unpaired) electrons. The van der Waals surface area contributed by atoms with Crippen LogP contribution in [0.5, 0.6) is 5.75 Å². The molecule has 0 spiro atoms. The van der Waals surface area contributed by atoms with Gasteiger partial charge in [-0.05, 0) is 92.1 Å². The van der Waals surface area contributed by atoms with Gasteiger partial charge in [0.05, 0.1) is 0 Å². The minimum absolute atomic E-state index is 0.697. The molecule has 0 heterocycles. The zero-order valence-electron chi connectivity index (χ0n) is 26.0. The van der Waals surface area contributed by atoms with Gasteiger partial charge in [0.2, 0.25) is 0 Å². The molecule has 0 aliphatic carbocycles. The van der Waals surface area contributed by atoms with Crippen LogP contribution in [0.2, 0.25) is 0 Å². The minimum atomic E-state index is 0.697. The van der Waals surface area contributed by atoms with Crippen LogP contribution >= 0.6 is 8.58 Å². The van der Waals surface area contributed by atoms with Crippen LogP contribution in [-0.2, 0) is 0 Å². The maximum absolute atomic E-state index is 6.00. The fraction of sp³-hybridized carbons (Fsp3) is 0.474. The van der Waals surface area contributed by atoms with Gasteiger partial charge in [-0.15, -0.1) is 8.58 Å². The molecular formula is C38H54NOP. The van der Waals surface area contributed by atoms with Crippen molar-refractivity contribution >= 4 is 19.7 Å². The Labute approximate surface area is 253 Å². The normalized spacial score (nSPS) is 12.3. The highest BCUT2D eigenvalue weighted by atomic mass is 31.1. The maximum Gasteiger partial charge on any atom is 0.119 e. The second kappa shape index (κ2) is 20.5. The largest absolute Gasteiger partial charge is 0.492 e. The molecule has 0 aliphatic heterocycles. The summed E-state index contributed by atoms with van der Waals surface area (Å²) in [5.41, 5.74) is 6.66. The summed E-state index contributed by atoms with van der Waals surface area (Å²) in [6, 6.07) is 30.7. The van der Waals surface area contributed by atoms with Gasteiger partial charge < -0.3 is 9.64 Å². The zero-order valence-corrected chi connectivity index (χ0v) is 27.0. The van der Waals surface area contributed by atoms with Crippen molar-refractivity contribution in [2.24, 2.45) is 0 Å². The molecule has 3 aromatic carbocycles. The molecule has 41 heavy (non-hydrogen) atoms. The second-order valence-corrected chi connectivity index (χ2v) is 12.9. The molecule has 3 rings (SSSR count). The van der Waals surface area contributed by atoms with Crippen molar-refractivity contribution in [3.8, 4) is 5.75 Å². The van der Waals surface area contributed by atoms with Crippen molar-refractivity contribution in [3.05, 3.63) is 102 Å². The van der Waals surface area contributed by atoms with Crippen molar-refractivity contribution in [2.45, 2.75) is 77.6 Å². The Morgan fingerprint density at radius 1 is 0.610 bits per heavy atom. The average Bonchev–Trinajstić information content (AvgIpc) is 3.00. The number of unbranched alkanes of at least 4 members (excludes halogenated alkanes) is 8. The van der Waals surface area contributed by atoms with Crippen LogP contribution < -0.4 is 4.74 Å². The summed E-state index contributed by atoms with van der Waals surface area (Å²) in [4.78, 5) is 2.15. The van der Waals surface area contributed by atoms with Gasteiger partial charge in [-0.25, -0.2) is 0 Å². The predicted octanol–water partition coefficient (Wildman–Crippen LogP) is 10.6. The molecule has 3 aromatic rings. The van der Waals surface area contributed by atoms with Gasteiger partial charge in [-0.3, -0.25) is 0 Å². The first-order valence-electron chi connectivity index (χ1n) is 16.1. The lowest BCUT2D eigenvalue weighted by molar-refractivity contribution is 0.261. The monoisotopic (exact) mass is 571 g/mol. The third kappa shape index (κ3) is 13.0. The molecule has 0 fully saturated rings. The molecule has 0 amide bonds. The first kappa shape index (κ1) is 33.1. The van der Waals surface area contributed by atoms with E-state index in [1.165, 1.54) is 113 Å². The van der Waals surface area contributed by atoms with E-state index >= 15 is 0 Å². The quantitative estimate of drug-likeness (QED) is 0.0716. The number of hydrogen-bond acceptors (Lipinski definition) is 2. The fourth-order valence-corrected chi connectivity index (χ4v) is 6.63. The minimum Gasteiger partial charge on any atom is -0.492 e. The molecule has 1 unspecified atom stereocenters. The summed E-state index contributed by atoms with van der Waals surface area (Å²) >= 11 is 0. The van der Waals surface area contributed by atoms with Crippen LogP contribution in [0.3, 0.4) is 0 Å². The molecule has 3 heteroatoms. The van der Waals surface area contributed by atoms with Gasteiger partial charge >= 0.3 is 0 Å². The van der Waals surface area contributed by atoms with Crippen LogP contribution in [0.1, 0.15) is 94.2 Å². The van der Waals surface area contributed by atoms with Gasteiger partial charge in [0.15, 0.2) is 0 Å². The molecule has 0 saturated carbocycles. The Morgan fingerprint density at radius 3 is 1.76 bits per heavy atom. The highest BCUT2D eigenvalue weighted by Crippen LogP contribution is 2.36. The number of ether oxygens (including phenoxy) is 1. The Kier molecular flexibility index (Phi) is 16.5. The Balaban J connectivity index is 1.64. The van der Waals surface area contributed by atoms with Crippen LogP contribution in [0, 0.1) is 0 Å². The predicted molar refractivity (Wildman–Crippen MR) is 184 cm³/mol. The van der Waals surface area contributed by atoms with Gasteiger partial charge in [-0.1, -0.05) is 125 Å². The number of rotatable bonds is 21. The third-order valence-electron chi connectivity index (χ3n) is 7.67. The highest BCUT2D eigenvalue weighted by Gasteiger charge is 2.14. The van der Waals surface area contributed by atoms with Crippen LogP contribution in [0.15, 0.2) is 84.9 Å². The standard InChI is InChI=1S/C38H54NOP/c1-4-5-31-41-32-19-11-9-7-6-8-10-18-24-37(33-20-14-12-15-21-33)38(34-22-16-13-17-23-34)35-25-27-36(28-26-35)40-30-29-39(2)3/h12-17,20-23,25-28,41H,4-11,18-19,24,29-32H2,1-3H3/b38-37-. The third-order valence-corrected chi connectivity index (χ3v) is 9.09. The van der Waals surface area contributed by atoms with Crippen molar-refractivity contribution in [2.75, 3.05) is 39.6 Å². The van der Waals surface area contributed by atoms with Crippen LogP contribution in [0.4, 0.5) is 0 Å². The highest BCUT2D eigenvalue weighted by molar-refractivity contribution is 7.37. The van der Waals surface area contributed by atoms with E-state index < -0.39 is 0 Å². The van der Waals surface area contributed by atoms with Crippen molar-refractivity contribution < 1.29 is 4.74 Å². The Morgan fingerprint density at radius 2 is 1.15 bits per heavy atom. The van der Waals surface area contributed by atoms with Gasteiger partial charge in [0, 0.05) is 6.54 Å². The van der Waals surface area contributed by atoms with Gasteiger partial charge in [-0.2, -0.15) is 0 Å². The van der Waals surface area contributed by atoms with Crippen molar-refractivity contribution in [3.63, 3.8) is 0 Å². The summed E-state index contributed by atoms with van der Waals surface area (Å²) in [7, 11) is 5.35. The zero-order chi connectivity index (χ0) is 29.0. The molecule has 0 aliphatic rings. The summed E-state index contributed by atoms with van der Waals surface area (Å²) in [5.74, 6) is 0.932. The number of hydrogen-bond donors (Lipinski definition) is 0. The molecule has 0 saturated heterocycles. The average molecular weight is 572 g/mol. The lowest BCUT2D eigenvalue weighted by Crippen LogP contribution is -2.19. The van der Waals surface area contributed by atoms with Crippen molar-refractivity contribution in [1.29, 1.82) is 0 Å². The molecule has 0 aromatic heterocycles. The summed E-state index contributed by atoms with van der Waals surface area (Å²) < 4.78 is 6.00. The Bertz CT molecular complexity index is 1090. The summed E-state index contributed by atoms with van der Waals surface area (Å²) in [6.07, 6.45) is 17.7. The molecule has 0 N–H and O–H groups in total. The first-order valence-corrected chi connectivity index (χ1v) is 17.5. The van der Waals surface area contributed by atoms with Crippen LogP contribution in [0.25, 0.3) is 11.1 Å². The topological polar surface area (TPSA) is 12.5 Å². The summed E-state index contributed by atoms with van der Waals surface area (Å²) in [6.45, 7) is 3.91. The van der Waals surface area contributed by atoms with Crippen molar-refractivity contribution in [1.82, 2.24) is 4.90 Å². The van der Waals surface area contributed by atoms with E-state index in [9.17, 15) is 0 Å². The smallest absolute Gasteiger partial charge is 0.119 e. The molecule has 2 nitrogen and oxygen atoms in total. The van der Waals surface area contributed by atoms with E-state index in [2.05, 4.69) is 111 Å².